The third kappa shape index (κ3) is 1.65. The number of para-hydroxylation sites is 3. The van der Waals surface area contributed by atoms with Gasteiger partial charge in [-0.25, -0.2) is 0 Å². The highest BCUT2D eigenvalue weighted by atomic mass is 16.5. The van der Waals surface area contributed by atoms with Gasteiger partial charge in [0.15, 0.2) is 5.75 Å². The topological polar surface area (TPSA) is 45.5 Å². The Morgan fingerprint density at radius 1 is 1.04 bits per heavy atom. The summed E-state index contributed by atoms with van der Waals surface area (Å²) in [5, 5.41) is 9.83. The molecule has 0 aromatic heterocycles. The van der Waals surface area contributed by atoms with Crippen molar-refractivity contribution in [2.45, 2.75) is 5.92 Å². The van der Waals surface area contributed by atoms with E-state index >= 15 is 0 Å². The zero-order valence-electron chi connectivity index (χ0n) is 12.4. The molecule has 4 heteroatoms. The van der Waals surface area contributed by atoms with Gasteiger partial charge in [0.2, 0.25) is 5.88 Å². The van der Waals surface area contributed by atoms with Crippen LogP contribution < -0.4 is 14.4 Å². The SMILES string of the molecule is N#CC1=C2Oc3ccccc3N2C[C@@H]2COc3ccccc3[C@H]12. The number of ether oxygens (including phenoxy) is 2. The number of anilines is 1. The number of hydrogen-bond acceptors (Lipinski definition) is 4. The first-order valence-electron chi connectivity index (χ1n) is 7.77. The van der Waals surface area contributed by atoms with Crippen LogP contribution in [0.5, 0.6) is 11.5 Å². The molecule has 0 bridgehead atoms. The minimum atomic E-state index is 0.0468. The van der Waals surface area contributed by atoms with E-state index < -0.39 is 0 Å². The summed E-state index contributed by atoms with van der Waals surface area (Å²) in [6.07, 6.45) is 0. The first kappa shape index (κ1) is 12.6. The van der Waals surface area contributed by atoms with Crippen LogP contribution in [-0.4, -0.2) is 13.2 Å². The van der Waals surface area contributed by atoms with Gasteiger partial charge in [-0.2, -0.15) is 5.26 Å². The average molecular weight is 302 g/mol. The van der Waals surface area contributed by atoms with Crippen LogP contribution in [-0.2, 0) is 0 Å². The predicted octanol–water partition coefficient (Wildman–Crippen LogP) is 3.43. The lowest BCUT2D eigenvalue weighted by Gasteiger charge is -2.40. The summed E-state index contributed by atoms with van der Waals surface area (Å²) < 4.78 is 11.9. The minimum absolute atomic E-state index is 0.0468. The van der Waals surface area contributed by atoms with Gasteiger partial charge in [-0.1, -0.05) is 30.3 Å². The quantitative estimate of drug-likeness (QED) is 0.748. The molecule has 5 rings (SSSR count). The first-order valence-corrected chi connectivity index (χ1v) is 7.77. The van der Waals surface area contributed by atoms with Gasteiger partial charge >= 0.3 is 0 Å². The summed E-state index contributed by atoms with van der Waals surface area (Å²) in [7, 11) is 0. The highest BCUT2D eigenvalue weighted by Gasteiger charge is 2.45. The molecule has 0 unspecified atom stereocenters. The summed E-state index contributed by atoms with van der Waals surface area (Å²) in [6.45, 7) is 1.43. The van der Waals surface area contributed by atoms with E-state index in [4.69, 9.17) is 9.47 Å². The largest absolute Gasteiger partial charge is 0.493 e. The summed E-state index contributed by atoms with van der Waals surface area (Å²) in [4.78, 5) is 2.12. The number of fused-ring (bicyclic) bond motifs is 6. The van der Waals surface area contributed by atoms with Gasteiger partial charge in [0.25, 0.3) is 0 Å². The molecule has 0 amide bonds. The molecule has 112 valence electrons. The monoisotopic (exact) mass is 302 g/mol. The van der Waals surface area contributed by atoms with E-state index in [2.05, 4.69) is 17.0 Å². The Hall–Kier alpha value is -2.93. The lowest BCUT2D eigenvalue weighted by atomic mass is 9.77. The molecule has 0 N–H and O–H groups in total. The third-order valence-corrected chi connectivity index (χ3v) is 4.87. The van der Waals surface area contributed by atoms with E-state index in [1.165, 1.54) is 0 Å². The van der Waals surface area contributed by atoms with Gasteiger partial charge in [0, 0.05) is 23.9 Å². The molecular weight excluding hydrogens is 288 g/mol. The zero-order valence-corrected chi connectivity index (χ0v) is 12.4. The lowest BCUT2D eigenvalue weighted by Crippen LogP contribution is -2.42. The second kappa shape index (κ2) is 4.53. The molecule has 2 atom stereocenters. The Morgan fingerprint density at radius 2 is 1.83 bits per heavy atom. The van der Waals surface area contributed by atoms with E-state index in [0.29, 0.717) is 18.1 Å². The van der Waals surface area contributed by atoms with Crippen LogP contribution in [0.3, 0.4) is 0 Å². The van der Waals surface area contributed by atoms with Crippen LogP contribution in [0.1, 0.15) is 11.5 Å². The Bertz CT molecular complexity index is 881. The van der Waals surface area contributed by atoms with Crippen molar-refractivity contribution >= 4 is 5.69 Å². The molecule has 4 nitrogen and oxygen atoms in total. The van der Waals surface area contributed by atoms with Crippen molar-refractivity contribution < 1.29 is 9.47 Å². The number of rotatable bonds is 0. The van der Waals surface area contributed by atoms with Crippen molar-refractivity contribution in [2.75, 3.05) is 18.1 Å². The highest BCUT2D eigenvalue weighted by Crippen LogP contribution is 2.50. The summed E-state index contributed by atoms with van der Waals surface area (Å²) in [6, 6.07) is 18.3. The zero-order chi connectivity index (χ0) is 15.4. The predicted molar refractivity (Wildman–Crippen MR) is 85.2 cm³/mol. The Kier molecular flexibility index (Phi) is 2.48. The summed E-state index contributed by atoms with van der Waals surface area (Å²) in [5.41, 5.74) is 2.83. The molecule has 0 spiro atoms. The number of benzene rings is 2. The van der Waals surface area contributed by atoms with Crippen LogP contribution >= 0.6 is 0 Å². The van der Waals surface area contributed by atoms with Crippen LogP contribution in [0.4, 0.5) is 5.69 Å². The smallest absolute Gasteiger partial charge is 0.215 e. The standard InChI is InChI=1S/C19H14N2O2/c20-9-14-18-12(11-22-16-7-3-1-5-13(16)18)10-21-15-6-2-4-8-17(15)23-19(14)21/h1-8,12,18H,10-11H2/t12-,18-/m1/s1. The van der Waals surface area contributed by atoms with Gasteiger partial charge in [0.1, 0.15) is 11.8 Å². The molecule has 0 fully saturated rings. The lowest BCUT2D eigenvalue weighted by molar-refractivity contribution is 0.198. The molecule has 3 aliphatic heterocycles. The van der Waals surface area contributed by atoms with Crippen LogP contribution in [0.15, 0.2) is 60.0 Å². The number of nitriles is 1. The number of hydrogen-bond donors (Lipinski definition) is 0. The summed E-state index contributed by atoms with van der Waals surface area (Å²) >= 11 is 0. The van der Waals surface area contributed by atoms with E-state index in [9.17, 15) is 5.26 Å². The average Bonchev–Trinajstić information content (AvgIpc) is 2.98. The molecule has 2 aromatic carbocycles. The van der Waals surface area contributed by atoms with Gasteiger partial charge in [-0.3, -0.25) is 0 Å². The fourth-order valence-electron chi connectivity index (χ4n) is 3.87. The maximum Gasteiger partial charge on any atom is 0.215 e. The normalized spacial score (nSPS) is 23.7. The van der Waals surface area contributed by atoms with Crippen LogP contribution in [0, 0.1) is 17.2 Å². The van der Waals surface area contributed by atoms with Crippen molar-refractivity contribution in [1.82, 2.24) is 0 Å². The van der Waals surface area contributed by atoms with Crippen molar-refractivity contribution in [3.8, 4) is 17.6 Å². The molecule has 0 saturated heterocycles. The van der Waals surface area contributed by atoms with Crippen molar-refractivity contribution in [3.63, 3.8) is 0 Å². The van der Waals surface area contributed by atoms with Crippen molar-refractivity contribution in [1.29, 1.82) is 5.26 Å². The number of nitrogens with zero attached hydrogens (tertiary/aromatic N) is 2. The minimum Gasteiger partial charge on any atom is -0.493 e. The molecule has 3 aliphatic rings. The molecule has 2 aromatic rings. The fraction of sp³-hybridized carbons (Fsp3) is 0.211. The molecule has 0 aliphatic carbocycles. The third-order valence-electron chi connectivity index (χ3n) is 4.87. The van der Waals surface area contributed by atoms with E-state index in [1.54, 1.807) is 0 Å². The molecule has 0 saturated carbocycles. The van der Waals surface area contributed by atoms with Gasteiger partial charge in [0.05, 0.1) is 17.9 Å². The Morgan fingerprint density at radius 3 is 2.70 bits per heavy atom. The Balaban J connectivity index is 1.70. The van der Waals surface area contributed by atoms with Gasteiger partial charge in [-0.05, 0) is 18.2 Å². The summed E-state index contributed by atoms with van der Waals surface area (Å²) in [5.74, 6) is 2.68. The van der Waals surface area contributed by atoms with Crippen molar-refractivity contribution in [2.24, 2.45) is 5.92 Å². The maximum atomic E-state index is 9.83. The fourth-order valence-corrected chi connectivity index (χ4v) is 3.87. The first-order chi connectivity index (χ1) is 11.4. The van der Waals surface area contributed by atoms with Crippen LogP contribution in [0.2, 0.25) is 0 Å². The number of allylic oxidation sites excluding steroid dienone is 1. The second-order valence-corrected chi connectivity index (χ2v) is 6.10. The highest BCUT2D eigenvalue weighted by molar-refractivity contribution is 5.69. The molecule has 23 heavy (non-hydrogen) atoms. The van der Waals surface area contributed by atoms with E-state index in [0.717, 1.165) is 29.3 Å². The van der Waals surface area contributed by atoms with Crippen LogP contribution in [0.25, 0.3) is 0 Å². The second-order valence-electron chi connectivity index (χ2n) is 6.10. The molecule has 3 heterocycles. The van der Waals surface area contributed by atoms with E-state index in [1.807, 2.05) is 42.5 Å². The van der Waals surface area contributed by atoms with Crippen molar-refractivity contribution in [3.05, 3.63) is 65.6 Å². The Labute approximate surface area is 134 Å². The van der Waals surface area contributed by atoms with E-state index in [-0.39, 0.29) is 11.8 Å². The maximum absolute atomic E-state index is 9.83. The van der Waals surface area contributed by atoms with Gasteiger partial charge < -0.3 is 14.4 Å². The molecular formula is C19H14N2O2. The van der Waals surface area contributed by atoms with Gasteiger partial charge in [-0.15, -0.1) is 0 Å². The molecule has 0 radical (unpaired) electrons.